The molecule has 1 heterocycles. The first kappa shape index (κ1) is 19.8. The van der Waals surface area contributed by atoms with Crippen molar-refractivity contribution in [2.45, 2.75) is 31.7 Å². The molecule has 7 heteroatoms. The average Bonchev–Trinajstić information content (AvgIpc) is 2.65. The molecule has 28 heavy (non-hydrogen) atoms. The van der Waals surface area contributed by atoms with Crippen LogP contribution < -0.4 is 10.6 Å². The number of anilines is 2. The number of carbonyl (C=O) groups excluding carboxylic acids is 2. The van der Waals surface area contributed by atoms with Gasteiger partial charge in [0.1, 0.15) is 10.9 Å². The molecule has 0 fully saturated rings. The number of para-hydroxylation sites is 1. The van der Waals surface area contributed by atoms with Crippen LogP contribution in [0.3, 0.4) is 0 Å². The third-order valence-electron chi connectivity index (χ3n) is 3.91. The van der Waals surface area contributed by atoms with E-state index in [0.717, 1.165) is 21.8 Å². The van der Waals surface area contributed by atoms with Crippen LogP contribution in [0.25, 0.3) is 10.9 Å². The number of carbonyl (C=O) groups is 2. The number of hydrogen-bond acceptors (Lipinski definition) is 5. The molecule has 0 saturated carbocycles. The van der Waals surface area contributed by atoms with Crippen molar-refractivity contribution in [1.82, 2.24) is 9.97 Å². The summed E-state index contributed by atoms with van der Waals surface area (Å²) in [6, 6.07) is 14.9. The number of thioether (sulfide) groups is 1. The summed E-state index contributed by atoms with van der Waals surface area (Å²) < 4.78 is 0. The normalized spacial score (nSPS) is 10.9. The summed E-state index contributed by atoms with van der Waals surface area (Å²) in [5.41, 5.74) is 2.15. The van der Waals surface area contributed by atoms with Crippen LogP contribution in [0.15, 0.2) is 53.6 Å². The fraction of sp³-hybridized carbons (Fsp3) is 0.238. The fourth-order valence-corrected chi connectivity index (χ4v) is 3.47. The number of rotatable bonds is 6. The zero-order chi connectivity index (χ0) is 20.1. The molecule has 0 spiro atoms. The van der Waals surface area contributed by atoms with Gasteiger partial charge in [-0.25, -0.2) is 9.97 Å². The van der Waals surface area contributed by atoms with E-state index in [4.69, 9.17) is 0 Å². The van der Waals surface area contributed by atoms with Crippen LogP contribution in [0.4, 0.5) is 11.4 Å². The predicted molar refractivity (Wildman–Crippen MR) is 114 cm³/mol. The van der Waals surface area contributed by atoms with Crippen LogP contribution in [0.5, 0.6) is 0 Å². The third kappa shape index (κ3) is 5.07. The van der Waals surface area contributed by atoms with Gasteiger partial charge in [-0.3, -0.25) is 9.59 Å². The van der Waals surface area contributed by atoms with E-state index in [9.17, 15) is 9.59 Å². The Hall–Kier alpha value is -2.93. The van der Waals surface area contributed by atoms with Crippen LogP contribution in [-0.4, -0.2) is 27.5 Å². The Kier molecular flexibility index (Phi) is 6.26. The summed E-state index contributed by atoms with van der Waals surface area (Å²) in [5.74, 6) is 0.899. The number of amides is 2. The minimum absolute atomic E-state index is 0.140. The summed E-state index contributed by atoms with van der Waals surface area (Å²) in [7, 11) is 0. The SMILES string of the molecule is CC(=O)Nc1cccc(NC(=O)CSc2nc(C(C)C)nc3ccccc23)c1. The van der Waals surface area contributed by atoms with Gasteiger partial charge in [-0.1, -0.05) is 49.9 Å². The van der Waals surface area contributed by atoms with Crippen molar-refractivity contribution < 1.29 is 9.59 Å². The summed E-state index contributed by atoms with van der Waals surface area (Å²) in [6.07, 6.45) is 0. The number of nitrogens with one attached hydrogen (secondary N) is 2. The number of nitrogens with zero attached hydrogens (tertiary/aromatic N) is 2. The quantitative estimate of drug-likeness (QED) is 0.477. The lowest BCUT2D eigenvalue weighted by Crippen LogP contribution is -2.15. The van der Waals surface area contributed by atoms with Gasteiger partial charge in [-0.2, -0.15) is 0 Å². The van der Waals surface area contributed by atoms with Gasteiger partial charge in [0.05, 0.1) is 11.3 Å². The van der Waals surface area contributed by atoms with E-state index in [1.165, 1.54) is 18.7 Å². The lowest BCUT2D eigenvalue weighted by molar-refractivity contribution is -0.114. The smallest absolute Gasteiger partial charge is 0.234 e. The van der Waals surface area contributed by atoms with Crippen molar-refractivity contribution >= 4 is 45.9 Å². The monoisotopic (exact) mass is 394 g/mol. The Bertz CT molecular complexity index is 1020. The molecule has 0 aliphatic carbocycles. The van der Waals surface area contributed by atoms with Gasteiger partial charge in [0.25, 0.3) is 0 Å². The minimum atomic E-state index is -0.157. The van der Waals surface area contributed by atoms with Crippen LogP contribution in [0.2, 0.25) is 0 Å². The topological polar surface area (TPSA) is 84.0 Å². The van der Waals surface area contributed by atoms with Gasteiger partial charge in [0.15, 0.2) is 0 Å². The van der Waals surface area contributed by atoms with E-state index < -0.39 is 0 Å². The summed E-state index contributed by atoms with van der Waals surface area (Å²) in [5, 5.41) is 7.30. The average molecular weight is 395 g/mol. The van der Waals surface area contributed by atoms with Gasteiger partial charge >= 0.3 is 0 Å². The van der Waals surface area contributed by atoms with E-state index in [0.29, 0.717) is 11.4 Å². The largest absolute Gasteiger partial charge is 0.326 e. The van der Waals surface area contributed by atoms with Crippen molar-refractivity contribution in [1.29, 1.82) is 0 Å². The number of benzene rings is 2. The lowest BCUT2D eigenvalue weighted by Gasteiger charge is -2.11. The van der Waals surface area contributed by atoms with Gasteiger partial charge < -0.3 is 10.6 Å². The predicted octanol–water partition coefficient (Wildman–Crippen LogP) is 4.44. The molecule has 2 aromatic carbocycles. The Balaban J connectivity index is 1.72. The molecular weight excluding hydrogens is 372 g/mol. The Labute approximate surface area is 168 Å². The second-order valence-corrected chi connectivity index (χ2v) is 7.62. The van der Waals surface area contributed by atoms with Crippen LogP contribution in [-0.2, 0) is 9.59 Å². The van der Waals surface area contributed by atoms with Gasteiger partial charge in [-0.15, -0.1) is 0 Å². The highest BCUT2D eigenvalue weighted by molar-refractivity contribution is 8.00. The summed E-state index contributed by atoms with van der Waals surface area (Å²) in [4.78, 5) is 32.8. The second kappa shape index (κ2) is 8.84. The molecule has 3 aromatic rings. The van der Waals surface area contributed by atoms with E-state index in [2.05, 4.69) is 20.6 Å². The molecular formula is C21H22N4O2S. The first-order valence-electron chi connectivity index (χ1n) is 8.99. The Morgan fingerprint density at radius 2 is 1.71 bits per heavy atom. The van der Waals surface area contributed by atoms with Gasteiger partial charge in [0.2, 0.25) is 11.8 Å². The third-order valence-corrected chi connectivity index (χ3v) is 4.90. The molecule has 0 atom stereocenters. The molecule has 6 nitrogen and oxygen atoms in total. The van der Waals surface area contributed by atoms with Crippen molar-refractivity contribution in [3.63, 3.8) is 0 Å². The molecule has 0 saturated heterocycles. The first-order valence-corrected chi connectivity index (χ1v) is 9.98. The Morgan fingerprint density at radius 1 is 1.00 bits per heavy atom. The van der Waals surface area contributed by atoms with Crippen molar-refractivity contribution in [3.8, 4) is 0 Å². The first-order chi connectivity index (χ1) is 13.4. The molecule has 1 aromatic heterocycles. The zero-order valence-corrected chi connectivity index (χ0v) is 16.8. The molecule has 0 radical (unpaired) electrons. The highest BCUT2D eigenvalue weighted by Crippen LogP contribution is 2.27. The maximum atomic E-state index is 12.4. The Morgan fingerprint density at radius 3 is 2.43 bits per heavy atom. The summed E-state index contributed by atoms with van der Waals surface area (Å²) in [6.45, 7) is 5.54. The van der Waals surface area contributed by atoms with Crippen LogP contribution in [0, 0.1) is 0 Å². The number of fused-ring (bicyclic) bond motifs is 1. The molecule has 0 aliphatic rings. The zero-order valence-electron chi connectivity index (χ0n) is 16.0. The van der Waals surface area contributed by atoms with Gasteiger partial charge in [0, 0.05) is 29.6 Å². The van der Waals surface area contributed by atoms with E-state index >= 15 is 0 Å². The molecule has 3 rings (SSSR count). The van der Waals surface area contributed by atoms with Crippen molar-refractivity contribution in [3.05, 3.63) is 54.4 Å². The highest BCUT2D eigenvalue weighted by Gasteiger charge is 2.12. The number of hydrogen-bond donors (Lipinski definition) is 2. The molecule has 0 bridgehead atoms. The molecule has 0 unspecified atom stereocenters. The van der Waals surface area contributed by atoms with Crippen LogP contribution in [0.1, 0.15) is 32.5 Å². The van der Waals surface area contributed by atoms with E-state index in [1.54, 1.807) is 24.3 Å². The van der Waals surface area contributed by atoms with E-state index in [-0.39, 0.29) is 23.5 Å². The minimum Gasteiger partial charge on any atom is -0.326 e. The molecule has 144 valence electrons. The van der Waals surface area contributed by atoms with Crippen molar-refractivity contribution in [2.24, 2.45) is 0 Å². The van der Waals surface area contributed by atoms with Crippen LogP contribution >= 0.6 is 11.8 Å². The van der Waals surface area contributed by atoms with E-state index in [1.807, 2.05) is 38.1 Å². The molecule has 2 amide bonds. The number of aromatic nitrogens is 2. The van der Waals surface area contributed by atoms with Gasteiger partial charge in [-0.05, 0) is 24.3 Å². The van der Waals surface area contributed by atoms with Crippen molar-refractivity contribution in [2.75, 3.05) is 16.4 Å². The summed E-state index contributed by atoms with van der Waals surface area (Å²) >= 11 is 1.39. The maximum absolute atomic E-state index is 12.4. The standard InChI is InChI=1S/C21H22N4O2S/c1-13(2)20-24-18-10-5-4-9-17(18)21(25-20)28-12-19(27)23-16-8-6-7-15(11-16)22-14(3)26/h4-11,13H,12H2,1-3H3,(H,22,26)(H,23,27). The molecule has 2 N–H and O–H groups in total. The lowest BCUT2D eigenvalue weighted by atomic mass is 10.2. The molecule has 0 aliphatic heterocycles. The maximum Gasteiger partial charge on any atom is 0.234 e. The fourth-order valence-electron chi connectivity index (χ4n) is 2.64. The second-order valence-electron chi connectivity index (χ2n) is 6.66. The highest BCUT2D eigenvalue weighted by atomic mass is 32.2.